The number of anilines is 1. The normalized spacial score (nSPS) is 13.8. The van der Waals surface area contributed by atoms with Gasteiger partial charge in [-0.1, -0.05) is 6.92 Å². The van der Waals surface area contributed by atoms with Gasteiger partial charge in [-0.2, -0.15) is 4.39 Å². The molecule has 132 valence electrons. The molecular weight excluding hydrogens is 333 g/mol. The van der Waals surface area contributed by atoms with E-state index in [1.807, 2.05) is 18.3 Å². The number of hydrogen-bond acceptors (Lipinski definition) is 6. The van der Waals surface area contributed by atoms with Gasteiger partial charge in [0.2, 0.25) is 5.95 Å². The van der Waals surface area contributed by atoms with Crippen LogP contribution >= 0.6 is 0 Å². The molecule has 26 heavy (non-hydrogen) atoms. The van der Waals surface area contributed by atoms with E-state index in [9.17, 15) is 4.39 Å². The molecule has 0 fully saturated rings. The molecular formula is C19H18FN5O. The average Bonchev–Trinajstić information content (AvgIpc) is 3.16. The maximum atomic E-state index is 13.0. The van der Waals surface area contributed by atoms with Crippen molar-refractivity contribution in [3.8, 4) is 17.0 Å². The monoisotopic (exact) mass is 351 g/mol. The summed E-state index contributed by atoms with van der Waals surface area (Å²) in [4.78, 5) is 16.5. The van der Waals surface area contributed by atoms with Crippen molar-refractivity contribution in [2.45, 2.75) is 19.3 Å². The topological polar surface area (TPSA) is 72.8 Å². The van der Waals surface area contributed by atoms with Gasteiger partial charge in [0, 0.05) is 48.5 Å². The average molecular weight is 351 g/mol. The first kappa shape index (κ1) is 16.4. The molecule has 4 heterocycles. The number of aromatic nitrogens is 4. The summed E-state index contributed by atoms with van der Waals surface area (Å²) in [6.45, 7) is 3.52. The van der Waals surface area contributed by atoms with E-state index in [0.29, 0.717) is 24.7 Å². The van der Waals surface area contributed by atoms with Crippen molar-refractivity contribution < 1.29 is 9.13 Å². The minimum Gasteiger partial charge on any atom is -0.491 e. The largest absolute Gasteiger partial charge is 0.491 e. The van der Waals surface area contributed by atoms with Crippen molar-refractivity contribution in [2.24, 2.45) is 0 Å². The van der Waals surface area contributed by atoms with Crippen LogP contribution < -0.4 is 10.1 Å². The summed E-state index contributed by atoms with van der Waals surface area (Å²) < 4.78 is 18.7. The predicted octanol–water partition coefficient (Wildman–Crippen LogP) is 3.22. The fourth-order valence-electron chi connectivity index (χ4n) is 3.00. The molecule has 0 unspecified atom stereocenters. The Bertz CT molecular complexity index is 916. The Balaban J connectivity index is 1.47. The van der Waals surface area contributed by atoms with Gasteiger partial charge in [-0.05, 0) is 18.2 Å². The van der Waals surface area contributed by atoms with Gasteiger partial charge in [-0.25, -0.2) is 15.0 Å². The van der Waals surface area contributed by atoms with E-state index < -0.39 is 5.95 Å². The van der Waals surface area contributed by atoms with Crippen molar-refractivity contribution in [3.05, 3.63) is 60.2 Å². The molecule has 1 atom stereocenters. The number of fused-ring (bicyclic) bond motifs is 1. The van der Waals surface area contributed by atoms with Crippen molar-refractivity contribution >= 4 is 5.82 Å². The second kappa shape index (κ2) is 7.03. The standard InChI is InChI=1S/C19H18FN5O/c1-12(14-4-6-21-15-5-7-26-19(14)15)9-23-18-8-16(24-11-25-18)13-2-3-17(20)22-10-13/h2-4,6,8,10-12H,5,7,9H2,1H3,(H,23,24,25)/t12-/m1/s1. The summed E-state index contributed by atoms with van der Waals surface area (Å²) in [6.07, 6.45) is 5.65. The molecule has 1 N–H and O–H groups in total. The fraction of sp³-hybridized carbons (Fsp3) is 0.263. The van der Waals surface area contributed by atoms with Crippen molar-refractivity contribution in [2.75, 3.05) is 18.5 Å². The number of ether oxygens (including phenoxy) is 1. The fourth-order valence-corrected chi connectivity index (χ4v) is 3.00. The van der Waals surface area contributed by atoms with E-state index in [4.69, 9.17) is 4.74 Å². The summed E-state index contributed by atoms with van der Waals surface area (Å²) in [5, 5.41) is 3.33. The van der Waals surface area contributed by atoms with Gasteiger partial charge in [0.05, 0.1) is 18.0 Å². The smallest absolute Gasteiger partial charge is 0.212 e. The minimum atomic E-state index is -0.512. The second-order valence-electron chi connectivity index (χ2n) is 6.21. The second-order valence-corrected chi connectivity index (χ2v) is 6.21. The van der Waals surface area contributed by atoms with Crippen LogP contribution in [0.2, 0.25) is 0 Å². The van der Waals surface area contributed by atoms with Crippen LogP contribution in [0.4, 0.5) is 10.2 Å². The van der Waals surface area contributed by atoms with Gasteiger partial charge in [0.25, 0.3) is 0 Å². The summed E-state index contributed by atoms with van der Waals surface area (Å²) in [5.41, 5.74) is 3.61. The quantitative estimate of drug-likeness (QED) is 0.712. The lowest BCUT2D eigenvalue weighted by Gasteiger charge is -2.16. The van der Waals surface area contributed by atoms with Gasteiger partial charge in [-0.3, -0.25) is 4.98 Å². The highest BCUT2D eigenvalue weighted by Crippen LogP contribution is 2.32. The number of pyridine rings is 2. The van der Waals surface area contributed by atoms with Crippen LogP contribution in [0, 0.1) is 5.95 Å². The zero-order valence-electron chi connectivity index (χ0n) is 14.3. The van der Waals surface area contributed by atoms with Crippen LogP contribution in [0.3, 0.4) is 0 Å². The molecule has 0 amide bonds. The molecule has 3 aromatic heterocycles. The number of halogens is 1. The van der Waals surface area contributed by atoms with Crippen LogP contribution in [-0.4, -0.2) is 33.1 Å². The van der Waals surface area contributed by atoms with E-state index in [1.165, 1.54) is 18.6 Å². The summed E-state index contributed by atoms with van der Waals surface area (Å²) >= 11 is 0. The van der Waals surface area contributed by atoms with Crippen LogP contribution in [0.1, 0.15) is 24.1 Å². The van der Waals surface area contributed by atoms with Crippen LogP contribution in [0.25, 0.3) is 11.3 Å². The molecule has 1 aliphatic rings. The first-order chi connectivity index (χ1) is 12.7. The van der Waals surface area contributed by atoms with E-state index in [1.54, 1.807) is 6.07 Å². The molecule has 0 aromatic carbocycles. The van der Waals surface area contributed by atoms with E-state index in [-0.39, 0.29) is 5.92 Å². The summed E-state index contributed by atoms with van der Waals surface area (Å²) in [6, 6.07) is 6.80. The van der Waals surface area contributed by atoms with Crippen molar-refractivity contribution in [3.63, 3.8) is 0 Å². The molecule has 4 rings (SSSR count). The van der Waals surface area contributed by atoms with Crippen LogP contribution in [0.15, 0.2) is 43.0 Å². The Morgan fingerprint density at radius 2 is 2.12 bits per heavy atom. The van der Waals surface area contributed by atoms with E-state index >= 15 is 0 Å². The van der Waals surface area contributed by atoms with Crippen LogP contribution in [0.5, 0.6) is 5.75 Å². The maximum absolute atomic E-state index is 13.0. The number of hydrogen-bond donors (Lipinski definition) is 1. The Morgan fingerprint density at radius 1 is 1.19 bits per heavy atom. The summed E-state index contributed by atoms with van der Waals surface area (Å²) in [7, 11) is 0. The first-order valence-corrected chi connectivity index (χ1v) is 8.49. The van der Waals surface area contributed by atoms with Gasteiger partial charge < -0.3 is 10.1 Å². The molecule has 0 radical (unpaired) electrons. The lowest BCUT2D eigenvalue weighted by Crippen LogP contribution is -2.12. The third-order valence-electron chi connectivity index (χ3n) is 4.40. The Labute approximate surface area is 150 Å². The van der Waals surface area contributed by atoms with Gasteiger partial charge in [0.15, 0.2) is 0 Å². The highest BCUT2D eigenvalue weighted by Gasteiger charge is 2.20. The Morgan fingerprint density at radius 3 is 2.96 bits per heavy atom. The minimum absolute atomic E-state index is 0.232. The number of rotatable bonds is 5. The zero-order valence-corrected chi connectivity index (χ0v) is 14.3. The maximum Gasteiger partial charge on any atom is 0.212 e. The number of nitrogens with one attached hydrogen (secondary N) is 1. The van der Waals surface area contributed by atoms with Crippen LogP contribution in [-0.2, 0) is 6.42 Å². The molecule has 6 nitrogen and oxygen atoms in total. The lowest BCUT2D eigenvalue weighted by atomic mass is 10.00. The molecule has 0 saturated carbocycles. The molecule has 0 aliphatic carbocycles. The van der Waals surface area contributed by atoms with E-state index in [0.717, 1.165) is 29.0 Å². The highest BCUT2D eigenvalue weighted by molar-refractivity contribution is 5.61. The highest BCUT2D eigenvalue weighted by atomic mass is 19.1. The molecule has 3 aromatic rings. The SMILES string of the molecule is C[C@H](CNc1cc(-c2ccc(F)nc2)ncn1)c1ccnc2c1OCC2. The number of nitrogens with zero attached hydrogens (tertiary/aromatic N) is 4. The molecule has 0 saturated heterocycles. The Hall–Kier alpha value is -3.09. The molecule has 7 heteroatoms. The van der Waals surface area contributed by atoms with Gasteiger partial charge in [-0.15, -0.1) is 0 Å². The van der Waals surface area contributed by atoms with Gasteiger partial charge in [0.1, 0.15) is 17.9 Å². The van der Waals surface area contributed by atoms with Gasteiger partial charge >= 0.3 is 0 Å². The van der Waals surface area contributed by atoms with E-state index in [2.05, 4.69) is 32.2 Å². The first-order valence-electron chi connectivity index (χ1n) is 8.49. The van der Waals surface area contributed by atoms with Crippen molar-refractivity contribution in [1.29, 1.82) is 0 Å². The predicted molar refractivity (Wildman–Crippen MR) is 95.6 cm³/mol. The zero-order chi connectivity index (χ0) is 17.9. The molecule has 0 spiro atoms. The molecule has 0 bridgehead atoms. The molecule has 1 aliphatic heterocycles. The Kier molecular flexibility index (Phi) is 4.43. The summed E-state index contributed by atoms with van der Waals surface area (Å²) in [5.74, 6) is 1.35. The third kappa shape index (κ3) is 3.33. The lowest BCUT2D eigenvalue weighted by molar-refractivity contribution is 0.352. The third-order valence-corrected chi connectivity index (χ3v) is 4.40. The van der Waals surface area contributed by atoms with Crippen molar-refractivity contribution in [1.82, 2.24) is 19.9 Å².